The van der Waals surface area contributed by atoms with Crippen LogP contribution in [0.25, 0.3) is 0 Å². The molecule has 3 aliphatic rings. The number of aliphatic carboxylic acids is 1. The fraction of sp³-hybridized carbons (Fsp3) is 0.579. The van der Waals surface area contributed by atoms with E-state index in [0.29, 0.717) is 25.7 Å². The van der Waals surface area contributed by atoms with Crippen LogP contribution in [0, 0.1) is 11.8 Å². The van der Waals surface area contributed by atoms with Crippen LogP contribution in [-0.2, 0) is 9.59 Å². The van der Waals surface area contributed by atoms with Gasteiger partial charge in [0.15, 0.2) is 11.5 Å². The standard InChI is InChI=1S/C19H23NO5/c21-18(12-3-5-13(6-4-12)19(22)23)20-9-1-2-15(20)14-7-8-16-17(10-14)25-11-24-16/h7-8,10,12-13,15H,1-6,9,11H2,(H,22,23). The molecular weight excluding hydrogens is 322 g/mol. The highest BCUT2D eigenvalue weighted by atomic mass is 16.7. The molecule has 2 heterocycles. The molecule has 2 aliphatic heterocycles. The van der Waals surface area contributed by atoms with Crippen LogP contribution in [0.1, 0.15) is 50.1 Å². The highest BCUT2D eigenvalue weighted by molar-refractivity contribution is 5.80. The minimum Gasteiger partial charge on any atom is -0.481 e. The molecule has 6 nitrogen and oxygen atoms in total. The van der Waals surface area contributed by atoms with Gasteiger partial charge in [-0.15, -0.1) is 0 Å². The Morgan fingerprint density at radius 2 is 1.72 bits per heavy atom. The first-order valence-corrected chi connectivity index (χ1v) is 9.06. The highest BCUT2D eigenvalue weighted by Crippen LogP contribution is 2.40. The zero-order valence-electron chi connectivity index (χ0n) is 14.1. The molecule has 1 amide bonds. The van der Waals surface area contributed by atoms with Gasteiger partial charge in [0.25, 0.3) is 0 Å². The van der Waals surface area contributed by atoms with Crippen LogP contribution in [0.5, 0.6) is 11.5 Å². The summed E-state index contributed by atoms with van der Waals surface area (Å²) in [6, 6.07) is 6.00. The highest BCUT2D eigenvalue weighted by Gasteiger charge is 2.37. The number of rotatable bonds is 3. The van der Waals surface area contributed by atoms with Gasteiger partial charge in [0, 0.05) is 12.5 Å². The lowest BCUT2D eigenvalue weighted by Gasteiger charge is -2.32. The molecule has 1 unspecified atom stereocenters. The second kappa shape index (κ2) is 6.58. The van der Waals surface area contributed by atoms with Gasteiger partial charge in [-0.1, -0.05) is 6.07 Å². The number of hydrogen-bond acceptors (Lipinski definition) is 4. The summed E-state index contributed by atoms with van der Waals surface area (Å²) in [6.45, 7) is 1.02. The van der Waals surface area contributed by atoms with Crippen molar-refractivity contribution in [1.82, 2.24) is 4.90 Å². The molecule has 0 aromatic heterocycles. The Kier molecular flexibility index (Phi) is 4.27. The summed E-state index contributed by atoms with van der Waals surface area (Å²) < 4.78 is 10.8. The van der Waals surface area contributed by atoms with Crippen LogP contribution < -0.4 is 9.47 Å². The first-order chi connectivity index (χ1) is 12.1. The monoisotopic (exact) mass is 345 g/mol. The average molecular weight is 345 g/mol. The Labute approximate surface area is 146 Å². The van der Waals surface area contributed by atoms with Gasteiger partial charge in [-0.3, -0.25) is 9.59 Å². The molecular formula is C19H23NO5. The van der Waals surface area contributed by atoms with Crippen LogP contribution in [0.3, 0.4) is 0 Å². The van der Waals surface area contributed by atoms with Gasteiger partial charge in [-0.2, -0.15) is 0 Å². The van der Waals surface area contributed by atoms with E-state index in [2.05, 4.69) is 0 Å². The predicted molar refractivity (Wildman–Crippen MR) is 89.3 cm³/mol. The maximum atomic E-state index is 13.0. The van der Waals surface area contributed by atoms with Gasteiger partial charge in [-0.25, -0.2) is 0 Å². The lowest BCUT2D eigenvalue weighted by atomic mass is 9.81. The minimum absolute atomic E-state index is 0.0368. The summed E-state index contributed by atoms with van der Waals surface area (Å²) >= 11 is 0. The maximum Gasteiger partial charge on any atom is 0.306 e. The van der Waals surface area contributed by atoms with Crippen LogP contribution in [0.4, 0.5) is 0 Å². The molecule has 0 radical (unpaired) electrons. The molecule has 1 N–H and O–H groups in total. The normalized spacial score (nSPS) is 28.2. The number of amides is 1. The molecule has 4 rings (SSSR count). The fourth-order valence-electron chi connectivity index (χ4n) is 4.32. The molecule has 2 fully saturated rings. The number of benzene rings is 1. The van der Waals surface area contributed by atoms with Crippen molar-refractivity contribution >= 4 is 11.9 Å². The van der Waals surface area contributed by atoms with E-state index in [1.165, 1.54) is 0 Å². The molecule has 1 aliphatic carbocycles. The third-order valence-corrected chi connectivity index (χ3v) is 5.74. The number of likely N-dealkylation sites (tertiary alicyclic amines) is 1. The van der Waals surface area contributed by atoms with Gasteiger partial charge in [0.1, 0.15) is 0 Å². The molecule has 1 aromatic carbocycles. The number of fused-ring (bicyclic) bond motifs is 1. The van der Waals surface area contributed by atoms with Gasteiger partial charge in [-0.05, 0) is 56.2 Å². The Morgan fingerprint density at radius 1 is 1.00 bits per heavy atom. The molecule has 1 aromatic rings. The molecule has 6 heteroatoms. The van der Waals surface area contributed by atoms with E-state index >= 15 is 0 Å². The van der Waals surface area contributed by atoms with Crippen LogP contribution >= 0.6 is 0 Å². The largest absolute Gasteiger partial charge is 0.481 e. The van der Waals surface area contributed by atoms with E-state index in [4.69, 9.17) is 14.6 Å². The lowest BCUT2D eigenvalue weighted by molar-refractivity contribution is -0.146. The molecule has 0 spiro atoms. The molecule has 1 atom stereocenters. The van der Waals surface area contributed by atoms with Gasteiger partial charge >= 0.3 is 5.97 Å². The summed E-state index contributed by atoms with van der Waals surface area (Å²) in [5.41, 5.74) is 1.09. The number of carbonyl (C=O) groups excluding carboxylic acids is 1. The summed E-state index contributed by atoms with van der Waals surface area (Å²) in [4.78, 5) is 26.1. The van der Waals surface area contributed by atoms with Crippen LogP contribution in [-0.4, -0.2) is 35.2 Å². The van der Waals surface area contributed by atoms with E-state index in [-0.39, 0.29) is 30.6 Å². The lowest BCUT2D eigenvalue weighted by Crippen LogP contribution is -2.38. The van der Waals surface area contributed by atoms with Crippen molar-refractivity contribution in [1.29, 1.82) is 0 Å². The molecule has 1 saturated heterocycles. The third-order valence-electron chi connectivity index (χ3n) is 5.74. The van der Waals surface area contributed by atoms with Crippen LogP contribution in [0.2, 0.25) is 0 Å². The van der Waals surface area contributed by atoms with E-state index in [1.54, 1.807) is 0 Å². The Morgan fingerprint density at radius 3 is 2.48 bits per heavy atom. The van der Waals surface area contributed by atoms with E-state index in [0.717, 1.165) is 36.4 Å². The number of nitrogens with zero attached hydrogens (tertiary/aromatic N) is 1. The summed E-state index contributed by atoms with van der Waals surface area (Å²) in [7, 11) is 0. The Bertz CT molecular complexity index is 680. The average Bonchev–Trinajstić information content (AvgIpc) is 3.29. The molecule has 25 heavy (non-hydrogen) atoms. The summed E-state index contributed by atoms with van der Waals surface area (Å²) in [5, 5.41) is 9.12. The van der Waals surface area contributed by atoms with Gasteiger partial charge in [0.05, 0.1) is 12.0 Å². The van der Waals surface area contributed by atoms with Crippen molar-refractivity contribution in [2.45, 2.75) is 44.6 Å². The fourth-order valence-corrected chi connectivity index (χ4v) is 4.32. The Hall–Kier alpha value is -2.24. The predicted octanol–water partition coefficient (Wildman–Crippen LogP) is 2.97. The summed E-state index contributed by atoms with van der Waals surface area (Å²) in [6.07, 6.45) is 4.52. The van der Waals surface area contributed by atoms with Gasteiger partial charge in [0.2, 0.25) is 12.7 Å². The van der Waals surface area contributed by atoms with Gasteiger partial charge < -0.3 is 19.5 Å². The van der Waals surface area contributed by atoms with Crippen molar-refractivity contribution in [2.24, 2.45) is 11.8 Å². The third kappa shape index (κ3) is 3.05. The van der Waals surface area contributed by atoms with Crippen molar-refractivity contribution in [2.75, 3.05) is 13.3 Å². The number of ether oxygens (including phenoxy) is 2. The quantitative estimate of drug-likeness (QED) is 0.911. The topological polar surface area (TPSA) is 76.1 Å². The molecule has 1 saturated carbocycles. The Balaban J connectivity index is 1.46. The molecule has 134 valence electrons. The van der Waals surface area contributed by atoms with E-state index < -0.39 is 5.97 Å². The number of hydrogen-bond donors (Lipinski definition) is 1. The number of carboxylic acids is 1. The van der Waals surface area contributed by atoms with Crippen LogP contribution in [0.15, 0.2) is 18.2 Å². The second-order valence-electron chi connectivity index (χ2n) is 7.19. The number of carbonyl (C=O) groups is 2. The van der Waals surface area contributed by atoms with E-state index in [9.17, 15) is 9.59 Å². The SMILES string of the molecule is O=C(O)C1CCC(C(=O)N2CCCC2c2ccc3c(c2)OCO3)CC1. The minimum atomic E-state index is -0.731. The second-order valence-corrected chi connectivity index (χ2v) is 7.19. The first kappa shape index (κ1) is 16.2. The zero-order valence-corrected chi connectivity index (χ0v) is 14.1. The van der Waals surface area contributed by atoms with Crippen molar-refractivity contribution in [3.8, 4) is 11.5 Å². The van der Waals surface area contributed by atoms with E-state index in [1.807, 2.05) is 23.1 Å². The summed E-state index contributed by atoms with van der Waals surface area (Å²) in [5.74, 6) is 0.636. The smallest absolute Gasteiger partial charge is 0.306 e. The zero-order chi connectivity index (χ0) is 17.4. The maximum absolute atomic E-state index is 13.0. The van der Waals surface area contributed by atoms with Crippen molar-refractivity contribution in [3.05, 3.63) is 23.8 Å². The van der Waals surface area contributed by atoms with Crippen molar-refractivity contribution in [3.63, 3.8) is 0 Å². The number of carboxylic acid groups (broad SMARTS) is 1. The first-order valence-electron chi connectivity index (χ1n) is 9.06. The van der Waals surface area contributed by atoms with Crippen molar-refractivity contribution < 1.29 is 24.2 Å². The molecule has 0 bridgehead atoms.